The molecule has 18 heavy (non-hydrogen) atoms. The Morgan fingerprint density at radius 2 is 2.11 bits per heavy atom. The molecule has 0 aliphatic heterocycles. The third kappa shape index (κ3) is 3.54. The lowest BCUT2D eigenvalue weighted by Gasteiger charge is -2.05. The molecule has 0 bridgehead atoms. The van der Waals surface area contributed by atoms with Crippen LogP contribution >= 0.6 is 11.3 Å². The van der Waals surface area contributed by atoms with Gasteiger partial charge in [0.05, 0.1) is 5.69 Å². The molecule has 0 saturated heterocycles. The number of carbonyl (C=O) groups excluding carboxylic acids is 1. The molecule has 0 aliphatic carbocycles. The molecule has 94 valence electrons. The molecule has 2 aromatic rings. The van der Waals surface area contributed by atoms with Gasteiger partial charge in [0.15, 0.2) is 5.13 Å². The smallest absolute Gasteiger partial charge is 0.321 e. The van der Waals surface area contributed by atoms with E-state index in [-0.39, 0.29) is 6.03 Å². The van der Waals surface area contributed by atoms with Gasteiger partial charge in [-0.2, -0.15) is 0 Å². The predicted molar refractivity (Wildman–Crippen MR) is 72.3 cm³/mol. The Hall–Kier alpha value is -1.92. The van der Waals surface area contributed by atoms with E-state index in [0.29, 0.717) is 18.2 Å². The van der Waals surface area contributed by atoms with E-state index < -0.39 is 0 Å². The Morgan fingerprint density at radius 3 is 2.78 bits per heavy atom. The number of urea groups is 1. The van der Waals surface area contributed by atoms with Crippen molar-refractivity contribution in [3.8, 4) is 0 Å². The number of hydrogen-bond acceptors (Lipinski definition) is 4. The van der Waals surface area contributed by atoms with Gasteiger partial charge in [-0.15, -0.1) is 11.3 Å². The maximum atomic E-state index is 11.6. The standard InChI is InChI=1S/C12H14N4OS/c13-6-10-8-18-12(15-10)16-11(17)14-7-9-4-2-1-3-5-9/h1-5,8H,6-7,13H2,(H2,14,15,16,17). The summed E-state index contributed by atoms with van der Waals surface area (Å²) in [6.45, 7) is 0.867. The van der Waals surface area contributed by atoms with Gasteiger partial charge in [0.25, 0.3) is 0 Å². The zero-order valence-corrected chi connectivity index (χ0v) is 10.5. The Labute approximate surface area is 109 Å². The Morgan fingerprint density at radius 1 is 1.33 bits per heavy atom. The van der Waals surface area contributed by atoms with Crippen molar-refractivity contribution >= 4 is 22.5 Å². The largest absolute Gasteiger partial charge is 0.334 e. The highest BCUT2D eigenvalue weighted by Gasteiger charge is 2.05. The van der Waals surface area contributed by atoms with Crippen molar-refractivity contribution < 1.29 is 4.79 Å². The van der Waals surface area contributed by atoms with Gasteiger partial charge in [-0.1, -0.05) is 30.3 Å². The molecule has 0 aliphatic rings. The van der Waals surface area contributed by atoms with Crippen LogP contribution in [0.1, 0.15) is 11.3 Å². The van der Waals surface area contributed by atoms with E-state index in [2.05, 4.69) is 15.6 Å². The molecule has 0 radical (unpaired) electrons. The monoisotopic (exact) mass is 262 g/mol. The van der Waals surface area contributed by atoms with Crippen LogP contribution in [0.5, 0.6) is 0 Å². The zero-order valence-electron chi connectivity index (χ0n) is 9.72. The Balaban J connectivity index is 1.82. The fourth-order valence-electron chi connectivity index (χ4n) is 1.38. The molecule has 0 atom stereocenters. The lowest BCUT2D eigenvalue weighted by molar-refractivity contribution is 0.251. The van der Waals surface area contributed by atoms with Crippen LogP contribution in [0.15, 0.2) is 35.7 Å². The van der Waals surface area contributed by atoms with Gasteiger partial charge in [0.1, 0.15) is 0 Å². The van der Waals surface area contributed by atoms with Crippen LogP contribution in [-0.4, -0.2) is 11.0 Å². The maximum absolute atomic E-state index is 11.6. The van der Waals surface area contributed by atoms with E-state index >= 15 is 0 Å². The molecule has 2 amide bonds. The lowest BCUT2D eigenvalue weighted by Crippen LogP contribution is -2.28. The van der Waals surface area contributed by atoms with Crippen LogP contribution in [0.3, 0.4) is 0 Å². The van der Waals surface area contributed by atoms with Crippen molar-refractivity contribution in [3.05, 3.63) is 47.0 Å². The molecule has 0 saturated carbocycles. The molecule has 5 nitrogen and oxygen atoms in total. The predicted octanol–water partition coefficient (Wildman–Crippen LogP) is 1.92. The molecule has 6 heteroatoms. The third-order valence-electron chi connectivity index (χ3n) is 2.28. The zero-order chi connectivity index (χ0) is 12.8. The molecule has 1 aromatic heterocycles. The van der Waals surface area contributed by atoms with E-state index in [1.54, 1.807) is 0 Å². The molecule has 2 rings (SSSR count). The minimum Gasteiger partial charge on any atom is -0.334 e. The van der Waals surface area contributed by atoms with Crippen molar-refractivity contribution in [3.63, 3.8) is 0 Å². The second-order valence-corrected chi connectivity index (χ2v) is 4.50. The van der Waals surface area contributed by atoms with Crippen molar-refractivity contribution in [1.29, 1.82) is 0 Å². The SMILES string of the molecule is NCc1csc(NC(=O)NCc2ccccc2)n1. The summed E-state index contributed by atoms with van der Waals surface area (Å²) >= 11 is 1.36. The first-order chi connectivity index (χ1) is 8.78. The van der Waals surface area contributed by atoms with Crippen molar-refractivity contribution in [1.82, 2.24) is 10.3 Å². The molecule has 0 fully saturated rings. The molecule has 4 N–H and O–H groups in total. The average Bonchev–Trinajstić information content (AvgIpc) is 2.85. The molecule has 0 unspecified atom stereocenters. The fourth-order valence-corrected chi connectivity index (χ4v) is 2.10. The third-order valence-corrected chi connectivity index (χ3v) is 3.08. The van der Waals surface area contributed by atoms with Crippen LogP contribution in [0.4, 0.5) is 9.93 Å². The van der Waals surface area contributed by atoms with Gasteiger partial charge >= 0.3 is 6.03 Å². The number of anilines is 1. The molecule has 1 heterocycles. The highest BCUT2D eigenvalue weighted by molar-refractivity contribution is 7.13. The van der Waals surface area contributed by atoms with E-state index in [1.165, 1.54) is 11.3 Å². The van der Waals surface area contributed by atoms with Crippen LogP contribution in [0.2, 0.25) is 0 Å². The maximum Gasteiger partial charge on any atom is 0.321 e. The number of rotatable bonds is 4. The normalized spacial score (nSPS) is 10.1. The number of carbonyl (C=O) groups is 1. The van der Waals surface area contributed by atoms with Gasteiger partial charge < -0.3 is 11.1 Å². The van der Waals surface area contributed by atoms with Crippen molar-refractivity contribution in [2.75, 3.05) is 5.32 Å². The van der Waals surface area contributed by atoms with Crippen molar-refractivity contribution in [2.45, 2.75) is 13.1 Å². The quantitative estimate of drug-likeness (QED) is 0.787. The molecule has 1 aromatic carbocycles. The number of benzene rings is 1. The number of amides is 2. The van der Waals surface area contributed by atoms with Gasteiger partial charge in [-0.25, -0.2) is 9.78 Å². The van der Waals surface area contributed by atoms with Crippen LogP contribution < -0.4 is 16.4 Å². The number of nitrogens with one attached hydrogen (secondary N) is 2. The van der Waals surface area contributed by atoms with E-state index in [4.69, 9.17) is 5.73 Å². The molecular formula is C12H14N4OS. The van der Waals surface area contributed by atoms with E-state index in [9.17, 15) is 4.79 Å². The molecule has 0 spiro atoms. The number of thiazole rings is 1. The Bertz CT molecular complexity index is 512. The van der Waals surface area contributed by atoms with Gasteiger partial charge in [-0.05, 0) is 5.56 Å². The number of aromatic nitrogens is 1. The lowest BCUT2D eigenvalue weighted by atomic mass is 10.2. The van der Waals surface area contributed by atoms with Gasteiger partial charge in [0, 0.05) is 18.5 Å². The fraction of sp³-hybridized carbons (Fsp3) is 0.167. The van der Waals surface area contributed by atoms with E-state index in [1.807, 2.05) is 35.7 Å². The summed E-state index contributed by atoms with van der Waals surface area (Å²) in [6.07, 6.45) is 0. The van der Waals surface area contributed by atoms with Gasteiger partial charge in [-0.3, -0.25) is 5.32 Å². The summed E-state index contributed by atoms with van der Waals surface area (Å²) in [6, 6.07) is 9.45. The summed E-state index contributed by atoms with van der Waals surface area (Å²) in [5, 5.41) is 7.81. The average molecular weight is 262 g/mol. The number of hydrogen-bond donors (Lipinski definition) is 3. The minimum absolute atomic E-state index is 0.267. The summed E-state index contributed by atoms with van der Waals surface area (Å²) < 4.78 is 0. The van der Waals surface area contributed by atoms with Crippen LogP contribution in [-0.2, 0) is 13.1 Å². The summed E-state index contributed by atoms with van der Waals surface area (Å²) in [5.74, 6) is 0. The summed E-state index contributed by atoms with van der Waals surface area (Å²) in [4.78, 5) is 15.7. The Kier molecular flexibility index (Phi) is 4.27. The molecular weight excluding hydrogens is 248 g/mol. The topological polar surface area (TPSA) is 80.0 Å². The number of nitrogens with zero attached hydrogens (tertiary/aromatic N) is 1. The first-order valence-electron chi connectivity index (χ1n) is 5.51. The first-order valence-corrected chi connectivity index (χ1v) is 6.39. The van der Waals surface area contributed by atoms with E-state index in [0.717, 1.165) is 11.3 Å². The first kappa shape index (κ1) is 12.5. The van der Waals surface area contributed by atoms with Crippen LogP contribution in [0.25, 0.3) is 0 Å². The van der Waals surface area contributed by atoms with Crippen LogP contribution in [0, 0.1) is 0 Å². The van der Waals surface area contributed by atoms with Gasteiger partial charge in [0.2, 0.25) is 0 Å². The number of nitrogens with two attached hydrogens (primary N) is 1. The minimum atomic E-state index is -0.267. The second kappa shape index (κ2) is 6.13. The van der Waals surface area contributed by atoms with Crippen molar-refractivity contribution in [2.24, 2.45) is 5.73 Å². The summed E-state index contributed by atoms with van der Waals surface area (Å²) in [5.41, 5.74) is 7.27. The highest BCUT2D eigenvalue weighted by Crippen LogP contribution is 2.14. The second-order valence-electron chi connectivity index (χ2n) is 3.64. The highest BCUT2D eigenvalue weighted by atomic mass is 32.1. The summed E-state index contributed by atoms with van der Waals surface area (Å²) in [7, 11) is 0.